The molecule has 0 bridgehead atoms. The Morgan fingerprint density at radius 3 is 2.29 bits per heavy atom. The SMILES string of the molecule is O=P(O)(O)c1cnn(-c2ccc(F)cc2)c1O. The topological polar surface area (TPSA) is 95.6 Å². The maximum atomic E-state index is 12.7. The van der Waals surface area contributed by atoms with Crippen molar-refractivity contribution in [3.05, 3.63) is 36.3 Å². The molecule has 2 rings (SSSR count). The third-order valence-electron chi connectivity index (χ3n) is 2.11. The van der Waals surface area contributed by atoms with Crippen molar-refractivity contribution in [3.8, 4) is 11.6 Å². The predicted molar refractivity (Wildman–Crippen MR) is 56.9 cm³/mol. The highest BCUT2D eigenvalue weighted by Crippen LogP contribution is 2.37. The van der Waals surface area contributed by atoms with Gasteiger partial charge >= 0.3 is 7.60 Å². The van der Waals surface area contributed by atoms with E-state index in [4.69, 9.17) is 9.79 Å². The van der Waals surface area contributed by atoms with E-state index in [1.54, 1.807) is 0 Å². The Balaban J connectivity index is 2.52. The summed E-state index contributed by atoms with van der Waals surface area (Å²) < 4.78 is 24.6. The minimum atomic E-state index is -4.57. The Hall–Kier alpha value is -1.69. The van der Waals surface area contributed by atoms with Gasteiger partial charge in [-0.1, -0.05) is 0 Å². The van der Waals surface area contributed by atoms with E-state index in [0.29, 0.717) is 5.69 Å². The first-order valence-electron chi connectivity index (χ1n) is 4.48. The fourth-order valence-corrected chi connectivity index (χ4v) is 1.87. The van der Waals surface area contributed by atoms with E-state index in [1.807, 2.05) is 0 Å². The summed E-state index contributed by atoms with van der Waals surface area (Å²) in [5, 5.41) is 12.7. The predicted octanol–water partition coefficient (Wildman–Crippen LogP) is 0.520. The lowest BCUT2D eigenvalue weighted by Gasteiger charge is -2.04. The standard InChI is InChI=1S/C9H8FN2O4P/c10-6-1-3-7(4-2-6)12-9(13)8(5-11-12)17(14,15)16/h1-5,13H,(H2,14,15,16). The summed E-state index contributed by atoms with van der Waals surface area (Å²) in [5.41, 5.74) is 0.295. The molecule has 0 radical (unpaired) electrons. The van der Waals surface area contributed by atoms with Crippen LogP contribution >= 0.6 is 7.60 Å². The van der Waals surface area contributed by atoms with E-state index in [0.717, 1.165) is 23.0 Å². The molecule has 0 aliphatic heterocycles. The maximum Gasteiger partial charge on any atom is 0.363 e. The largest absolute Gasteiger partial charge is 0.493 e. The average Bonchev–Trinajstić information content (AvgIpc) is 2.61. The second kappa shape index (κ2) is 3.96. The Labute approximate surface area is 95.1 Å². The zero-order valence-electron chi connectivity index (χ0n) is 8.36. The van der Waals surface area contributed by atoms with Crippen LogP contribution in [-0.2, 0) is 4.57 Å². The number of aromatic nitrogens is 2. The highest BCUT2D eigenvalue weighted by Gasteiger charge is 2.26. The summed E-state index contributed by atoms with van der Waals surface area (Å²) in [6.07, 6.45) is 0.874. The van der Waals surface area contributed by atoms with Crippen LogP contribution < -0.4 is 5.30 Å². The molecule has 0 spiro atoms. The summed E-state index contributed by atoms with van der Waals surface area (Å²) in [7, 11) is -4.57. The molecule has 90 valence electrons. The Kier molecular flexibility index (Phi) is 2.74. The highest BCUT2D eigenvalue weighted by molar-refractivity contribution is 7.60. The molecular weight excluding hydrogens is 250 g/mol. The van der Waals surface area contributed by atoms with Gasteiger partial charge in [0.1, 0.15) is 11.1 Å². The molecule has 0 saturated carbocycles. The number of hydrogen-bond donors (Lipinski definition) is 3. The van der Waals surface area contributed by atoms with Crippen LogP contribution in [0.5, 0.6) is 5.88 Å². The average molecular weight is 258 g/mol. The molecule has 3 N–H and O–H groups in total. The van der Waals surface area contributed by atoms with E-state index >= 15 is 0 Å². The lowest BCUT2D eigenvalue weighted by atomic mass is 10.3. The highest BCUT2D eigenvalue weighted by atomic mass is 31.2. The van der Waals surface area contributed by atoms with Crippen LogP contribution in [0.4, 0.5) is 4.39 Å². The number of rotatable bonds is 2. The Bertz CT molecular complexity index is 590. The lowest BCUT2D eigenvalue weighted by Crippen LogP contribution is -2.03. The molecule has 1 aromatic heterocycles. The minimum Gasteiger partial charge on any atom is -0.493 e. The van der Waals surface area contributed by atoms with E-state index in [1.165, 1.54) is 12.1 Å². The summed E-state index contributed by atoms with van der Waals surface area (Å²) >= 11 is 0. The number of halogens is 1. The van der Waals surface area contributed by atoms with Crippen LogP contribution in [0.15, 0.2) is 30.5 Å². The summed E-state index contributed by atoms with van der Waals surface area (Å²) in [6, 6.07) is 4.94. The molecule has 17 heavy (non-hydrogen) atoms. The number of aromatic hydroxyl groups is 1. The molecule has 0 fully saturated rings. The van der Waals surface area contributed by atoms with E-state index in [9.17, 15) is 14.1 Å². The van der Waals surface area contributed by atoms with E-state index in [-0.39, 0.29) is 0 Å². The van der Waals surface area contributed by atoms with Gasteiger partial charge < -0.3 is 14.9 Å². The second-order valence-electron chi connectivity index (χ2n) is 3.29. The molecule has 1 heterocycles. The van der Waals surface area contributed by atoms with Crippen molar-refractivity contribution in [2.24, 2.45) is 0 Å². The molecule has 0 saturated heterocycles. The zero-order valence-corrected chi connectivity index (χ0v) is 9.25. The van der Waals surface area contributed by atoms with Crippen molar-refractivity contribution < 1.29 is 23.8 Å². The van der Waals surface area contributed by atoms with Gasteiger partial charge in [-0.2, -0.15) is 5.10 Å². The van der Waals surface area contributed by atoms with Crippen molar-refractivity contribution in [1.82, 2.24) is 9.78 Å². The Morgan fingerprint density at radius 1 is 1.24 bits per heavy atom. The van der Waals surface area contributed by atoms with Crippen molar-refractivity contribution >= 4 is 12.9 Å². The summed E-state index contributed by atoms with van der Waals surface area (Å²) in [5.74, 6) is -1.12. The van der Waals surface area contributed by atoms with Crippen molar-refractivity contribution in [2.75, 3.05) is 0 Å². The van der Waals surface area contributed by atoms with Gasteiger partial charge in [-0.05, 0) is 24.3 Å². The van der Waals surface area contributed by atoms with Crippen LogP contribution in [0.1, 0.15) is 0 Å². The number of benzene rings is 1. The summed E-state index contributed by atoms with van der Waals surface area (Å²) in [6.45, 7) is 0. The van der Waals surface area contributed by atoms with Gasteiger partial charge in [-0.3, -0.25) is 4.57 Å². The van der Waals surface area contributed by atoms with Crippen LogP contribution in [0.25, 0.3) is 5.69 Å². The van der Waals surface area contributed by atoms with Crippen LogP contribution in [0, 0.1) is 5.82 Å². The second-order valence-corrected chi connectivity index (χ2v) is 4.86. The van der Waals surface area contributed by atoms with Crippen LogP contribution in [-0.4, -0.2) is 24.7 Å². The van der Waals surface area contributed by atoms with Crippen molar-refractivity contribution in [3.63, 3.8) is 0 Å². The van der Waals surface area contributed by atoms with E-state index < -0.39 is 24.6 Å². The van der Waals surface area contributed by atoms with Crippen molar-refractivity contribution in [2.45, 2.75) is 0 Å². The monoisotopic (exact) mass is 258 g/mol. The van der Waals surface area contributed by atoms with Gasteiger partial charge in [-0.25, -0.2) is 9.07 Å². The third kappa shape index (κ3) is 2.21. The third-order valence-corrected chi connectivity index (χ3v) is 3.05. The molecule has 1 aromatic carbocycles. The first-order chi connectivity index (χ1) is 7.89. The molecule has 8 heteroatoms. The fraction of sp³-hybridized carbons (Fsp3) is 0. The lowest BCUT2D eigenvalue weighted by molar-refractivity contribution is 0.383. The number of nitrogens with zero attached hydrogens (tertiary/aromatic N) is 2. The molecule has 0 aliphatic carbocycles. The zero-order chi connectivity index (χ0) is 12.6. The minimum absolute atomic E-state index is 0.295. The van der Waals surface area contributed by atoms with Crippen molar-refractivity contribution in [1.29, 1.82) is 0 Å². The van der Waals surface area contributed by atoms with E-state index in [2.05, 4.69) is 5.10 Å². The van der Waals surface area contributed by atoms with Gasteiger partial charge in [0.2, 0.25) is 5.88 Å². The molecule has 0 amide bonds. The quantitative estimate of drug-likeness (QED) is 0.682. The molecule has 2 aromatic rings. The molecule has 0 atom stereocenters. The van der Waals surface area contributed by atoms with Gasteiger partial charge in [0.25, 0.3) is 0 Å². The molecule has 0 aliphatic rings. The maximum absolute atomic E-state index is 12.7. The first kappa shape index (κ1) is 11.8. The number of hydrogen-bond acceptors (Lipinski definition) is 3. The van der Waals surface area contributed by atoms with Crippen LogP contribution in [0.2, 0.25) is 0 Å². The fourth-order valence-electron chi connectivity index (χ4n) is 1.31. The molecular formula is C9H8FN2O4P. The smallest absolute Gasteiger partial charge is 0.363 e. The normalized spacial score (nSPS) is 11.7. The van der Waals surface area contributed by atoms with Crippen LogP contribution in [0.3, 0.4) is 0 Å². The van der Waals surface area contributed by atoms with Gasteiger partial charge in [0.05, 0.1) is 11.9 Å². The first-order valence-corrected chi connectivity index (χ1v) is 6.10. The molecule has 6 nitrogen and oxygen atoms in total. The molecule has 0 unspecified atom stereocenters. The van der Waals surface area contributed by atoms with Gasteiger partial charge in [0, 0.05) is 0 Å². The van der Waals surface area contributed by atoms with Gasteiger partial charge in [0.15, 0.2) is 0 Å². The summed E-state index contributed by atoms with van der Waals surface area (Å²) in [4.78, 5) is 17.8. The Morgan fingerprint density at radius 2 is 1.82 bits per heavy atom. The van der Waals surface area contributed by atoms with Gasteiger partial charge in [-0.15, -0.1) is 0 Å².